The number of ether oxygens (including phenoxy) is 2. The highest BCUT2D eigenvalue weighted by molar-refractivity contribution is 7.89. The molecule has 1 N–H and O–H groups in total. The zero-order valence-corrected chi connectivity index (χ0v) is 14.3. The molecule has 1 saturated heterocycles. The van der Waals surface area contributed by atoms with Crippen LogP contribution >= 0.6 is 0 Å². The van der Waals surface area contributed by atoms with Gasteiger partial charge in [0.25, 0.3) is 0 Å². The number of nitrogens with zero attached hydrogens (tertiary/aromatic N) is 1. The van der Waals surface area contributed by atoms with Crippen molar-refractivity contribution in [3.05, 3.63) is 17.9 Å². The monoisotopic (exact) mass is 347 g/mol. The van der Waals surface area contributed by atoms with Gasteiger partial charge in [-0.3, -0.25) is 0 Å². The molecule has 1 aliphatic heterocycles. The van der Waals surface area contributed by atoms with Crippen LogP contribution in [0.4, 0.5) is 4.39 Å². The van der Waals surface area contributed by atoms with Crippen LogP contribution in [-0.4, -0.2) is 51.2 Å². The highest BCUT2D eigenvalue weighted by Crippen LogP contribution is 2.35. The van der Waals surface area contributed by atoms with Crippen LogP contribution < -0.4 is 9.47 Å². The van der Waals surface area contributed by atoms with Gasteiger partial charge < -0.3 is 14.6 Å². The lowest BCUT2D eigenvalue weighted by Gasteiger charge is -2.36. The van der Waals surface area contributed by atoms with Crippen LogP contribution in [-0.2, 0) is 10.0 Å². The molecule has 23 heavy (non-hydrogen) atoms. The first-order valence-electron chi connectivity index (χ1n) is 7.39. The molecule has 2 rings (SSSR count). The van der Waals surface area contributed by atoms with Crippen molar-refractivity contribution in [2.24, 2.45) is 5.92 Å². The van der Waals surface area contributed by atoms with Crippen molar-refractivity contribution in [1.82, 2.24) is 4.31 Å². The van der Waals surface area contributed by atoms with Gasteiger partial charge in [-0.15, -0.1) is 0 Å². The van der Waals surface area contributed by atoms with Crippen molar-refractivity contribution >= 4 is 10.0 Å². The van der Waals surface area contributed by atoms with Crippen LogP contribution in [0.3, 0.4) is 0 Å². The summed E-state index contributed by atoms with van der Waals surface area (Å²) in [5, 5.41) is 9.30. The van der Waals surface area contributed by atoms with E-state index in [1.165, 1.54) is 18.5 Å². The fourth-order valence-electron chi connectivity index (χ4n) is 2.79. The van der Waals surface area contributed by atoms with E-state index in [4.69, 9.17) is 9.47 Å². The van der Waals surface area contributed by atoms with E-state index < -0.39 is 20.7 Å². The number of aliphatic hydroxyl groups is 1. The Hall–Kier alpha value is -1.38. The fraction of sp³-hybridized carbons (Fsp3) is 0.600. The Morgan fingerprint density at radius 1 is 1.26 bits per heavy atom. The van der Waals surface area contributed by atoms with Gasteiger partial charge in [0.05, 0.1) is 14.2 Å². The molecule has 1 fully saturated rings. The number of piperidine rings is 1. The molecule has 0 aromatic heterocycles. The Morgan fingerprint density at radius 3 is 2.43 bits per heavy atom. The van der Waals surface area contributed by atoms with Gasteiger partial charge in [0.15, 0.2) is 11.5 Å². The molecular formula is C15H22FNO5S. The lowest BCUT2D eigenvalue weighted by atomic mass is 9.96. The van der Waals surface area contributed by atoms with Gasteiger partial charge in [-0.05, 0) is 25.7 Å². The largest absolute Gasteiger partial charge is 0.493 e. The van der Waals surface area contributed by atoms with E-state index in [1.807, 2.05) is 0 Å². The maximum absolute atomic E-state index is 14.3. The van der Waals surface area contributed by atoms with Gasteiger partial charge in [0, 0.05) is 31.3 Å². The minimum absolute atomic E-state index is 0.0901. The van der Waals surface area contributed by atoms with Gasteiger partial charge >= 0.3 is 0 Å². The molecule has 1 aromatic rings. The second-order valence-corrected chi connectivity index (χ2v) is 7.55. The number of hydrogen-bond donors (Lipinski definition) is 1. The molecular weight excluding hydrogens is 325 g/mol. The maximum Gasteiger partial charge on any atom is 0.246 e. The number of hydrogen-bond acceptors (Lipinski definition) is 5. The number of halogens is 1. The van der Waals surface area contributed by atoms with Crippen molar-refractivity contribution in [2.75, 3.05) is 27.4 Å². The predicted octanol–water partition coefficient (Wildman–Crippen LogP) is 1.62. The summed E-state index contributed by atoms with van der Waals surface area (Å²) >= 11 is 0. The van der Waals surface area contributed by atoms with Crippen LogP contribution in [0.25, 0.3) is 0 Å². The van der Waals surface area contributed by atoms with Crippen molar-refractivity contribution < 1.29 is 27.4 Å². The molecule has 1 aromatic carbocycles. The average Bonchev–Trinajstić information content (AvgIpc) is 2.54. The molecule has 130 valence electrons. The number of benzene rings is 1. The molecule has 0 unspecified atom stereocenters. The average molecular weight is 347 g/mol. The molecule has 0 spiro atoms. The highest BCUT2D eigenvalue weighted by atomic mass is 32.2. The lowest BCUT2D eigenvalue weighted by molar-refractivity contribution is 0.139. The quantitative estimate of drug-likeness (QED) is 0.876. The molecule has 1 heterocycles. The first kappa shape index (κ1) is 18.0. The minimum Gasteiger partial charge on any atom is -0.493 e. The van der Waals surface area contributed by atoms with Gasteiger partial charge in [0.1, 0.15) is 10.7 Å². The third-order valence-electron chi connectivity index (χ3n) is 4.21. The summed E-state index contributed by atoms with van der Waals surface area (Å²) in [6.45, 7) is 1.87. The highest BCUT2D eigenvalue weighted by Gasteiger charge is 2.36. The summed E-state index contributed by atoms with van der Waals surface area (Å²) < 4.78 is 51.3. The van der Waals surface area contributed by atoms with E-state index in [-0.39, 0.29) is 36.6 Å². The Morgan fingerprint density at radius 2 is 1.87 bits per heavy atom. The topological polar surface area (TPSA) is 76.1 Å². The Labute approximate surface area is 135 Å². The predicted molar refractivity (Wildman–Crippen MR) is 82.7 cm³/mol. The van der Waals surface area contributed by atoms with Gasteiger partial charge in [-0.2, -0.15) is 4.31 Å². The first-order valence-corrected chi connectivity index (χ1v) is 8.83. The standard InChI is InChI=1S/C15H22FNO5S/c1-10-4-5-11(9-18)8-17(10)23(19,20)15-7-14(22-3)13(21-2)6-12(15)16/h6-7,10-11,18H,4-5,8-9H2,1-3H3/t10-,11-/m0/s1. The normalized spacial score (nSPS) is 22.8. The van der Waals surface area contributed by atoms with Crippen LogP contribution in [0.5, 0.6) is 11.5 Å². The zero-order valence-electron chi connectivity index (χ0n) is 13.5. The first-order chi connectivity index (χ1) is 10.8. The van der Waals surface area contributed by atoms with Crippen LogP contribution in [0.1, 0.15) is 19.8 Å². The number of sulfonamides is 1. The summed E-state index contributed by atoms with van der Waals surface area (Å²) in [7, 11) is -1.32. The van der Waals surface area contributed by atoms with Crippen LogP contribution in [0.15, 0.2) is 17.0 Å². The minimum atomic E-state index is -4.03. The van der Waals surface area contributed by atoms with E-state index in [0.29, 0.717) is 6.42 Å². The third kappa shape index (κ3) is 3.44. The second-order valence-electron chi connectivity index (χ2n) is 5.69. The zero-order chi connectivity index (χ0) is 17.2. The molecule has 0 amide bonds. The smallest absolute Gasteiger partial charge is 0.246 e. The van der Waals surface area contributed by atoms with Crippen LogP contribution in [0.2, 0.25) is 0 Å². The van der Waals surface area contributed by atoms with Gasteiger partial charge in [0.2, 0.25) is 10.0 Å². The molecule has 8 heteroatoms. The fourth-order valence-corrected chi connectivity index (χ4v) is 4.59. The Kier molecular flexibility index (Phi) is 5.49. The molecule has 0 aliphatic carbocycles. The maximum atomic E-state index is 14.3. The Balaban J connectivity index is 2.46. The molecule has 0 saturated carbocycles. The van der Waals surface area contributed by atoms with E-state index in [1.54, 1.807) is 6.92 Å². The summed E-state index contributed by atoms with van der Waals surface area (Å²) in [6, 6.07) is 1.89. The molecule has 6 nitrogen and oxygen atoms in total. The van der Waals surface area contributed by atoms with E-state index in [2.05, 4.69) is 0 Å². The van der Waals surface area contributed by atoms with Crippen LogP contribution in [0, 0.1) is 11.7 Å². The Bertz CT molecular complexity index is 664. The SMILES string of the molecule is COc1cc(F)c(S(=O)(=O)N2C[C@@H](CO)CC[C@@H]2C)cc1OC. The molecule has 1 aliphatic rings. The van der Waals surface area contributed by atoms with Gasteiger partial charge in [-0.25, -0.2) is 12.8 Å². The van der Waals surface area contributed by atoms with Crippen molar-refractivity contribution in [3.63, 3.8) is 0 Å². The van der Waals surface area contributed by atoms with E-state index in [9.17, 15) is 17.9 Å². The van der Waals surface area contributed by atoms with Gasteiger partial charge in [-0.1, -0.05) is 0 Å². The summed E-state index contributed by atoms with van der Waals surface area (Å²) in [6.07, 6.45) is 1.37. The number of rotatable bonds is 5. The van der Waals surface area contributed by atoms with E-state index in [0.717, 1.165) is 18.6 Å². The summed E-state index contributed by atoms with van der Waals surface area (Å²) in [4.78, 5) is -0.444. The summed E-state index contributed by atoms with van der Waals surface area (Å²) in [5.74, 6) is -0.745. The molecule has 2 atom stereocenters. The second kappa shape index (κ2) is 7.02. The van der Waals surface area contributed by atoms with Crippen molar-refractivity contribution in [1.29, 1.82) is 0 Å². The number of aliphatic hydroxyl groups excluding tert-OH is 1. The molecule has 0 bridgehead atoms. The van der Waals surface area contributed by atoms with E-state index >= 15 is 0 Å². The summed E-state index contributed by atoms with van der Waals surface area (Å²) in [5.41, 5.74) is 0. The third-order valence-corrected chi connectivity index (χ3v) is 6.20. The van der Waals surface area contributed by atoms with Crippen molar-refractivity contribution in [2.45, 2.75) is 30.7 Å². The lowest BCUT2D eigenvalue weighted by Crippen LogP contribution is -2.46. The van der Waals surface area contributed by atoms with Crippen molar-refractivity contribution in [3.8, 4) is 11.5 Å². The molecule has 0 radical (unpaired) electrons. The number of methoxy groups -OCH3 is 2.